The Morgan fingerprint density at radius 2 is 1.61 bits per heavy atom. The van der Waals surface area contributed by atoms with Crippen LogP contribution in [-0.2, 0) is 23.8 Å². The fourth-order valence-electron chi connectivity index (χ4n) is 7.92. The Morgan fingerprint density at radius 1 is 0.949 bits per heavy atom. The van der Waals surface area contributed by atoms with Crippen molar-refractivity contribution < 1.29 is 58.9 Å². The number of anilines is 1. The number of benzene rings is 2. The lowest BCUT2D eigenvalue weighted by atomic mass is 9.78. The Morgan fingerprint density at radius 3 is 2.24 bits per heavy atom. The van der Waals surface area contributed by atoms with Crippen LogP contribution in [-0.4, -0.2) is 130 Å². The molecule has 5 bridgehead atoms. The van der Waals surface area contributed by atoms with E-state index in [0.29, 0.717) is 13.1 Å². The van der Waals surface area contributed by atoms with Gasteiger partial charge >= 0.3 is 11.8 Å². The number of phenolic OH excluding ortho intramolecular Hbond substituents is 3. The van der Waals surface area contributed by atoms with Gasteiger partial charge in [-0.2, -0.15) is 5.10 Å². The van der Waals surface area contributed by atoms with Gasteiger partial charge in [0.2, 0.25) is 0 Å². The predicted molar refractivity (Wildman–Crippen MR) is 220 cm³/mol. The quantitative estimate of drug-likeness (QED) is 0.109. The van der Waals surface area contributed by atoms with Crippen molar-refractivity contribution in [2.45, 2.75) is 85.6 Å². The summed E-state index contributed by atoms with van der Waals surface area (Å²) in [5, 5.41) is 66.8. The van der Waals surface area contributed by atoms with Crippen molar-refractivity contribution in [3.8, 4) is 23.0 Å². The summed E-state index contributed by atoms with van der Waals surface area (Å²) in [6.07, 6.45) is 4.86. The molecule has 59 heavy (non-hydrogen) atoms. The van der Waals surface area contributed by atoms with Crippen molar-refractivity contribution in [3.63, 3.8) is 0 Å². The number of likely N-dealkylation sites (N-methyl/N-ethyl adjacent to an activating group) is 1. The number of hydrogen-bond donors (Lipinski definition) is 6. The molecule has 322 valence electrons. The Kier molecular flexibility index (Phi) is 13.7. The number of hydrogen-bond acceptors (Lipinski definition) is 15. The monoisotopic (exact) mass is 822 g/mol. The number of carbonyl (C=O) groups is 3. The van der Waals surface area contributed by atoms with Crippen LogP contribution in [0.25, 0.3) is 10.8 Å². The number of methoxy groups -OCH3 is 1. The molecule has 2 aromatic rings. The number of esters is 1. The predicted octanol–water partition coefficient (Wildman–Crippen LogP) is 4.34. The molecule has 2 aromatic carbocycles. The zero-order valence-corrected chi connectivity index (χ0v) is 35.3. The second-order valence-corrected chi connectivity index (χ2v) is 16.1. The zero-order chi connectivity index (χ0) is 43.7. The van der Waals surface area contributed by atoms with Crippen molar-refractivity contribution in [2.24, 2.45) is 28.8 Å². The molecule has 16 nitrogen and oxygen atoms in total. The minimum atomic E-state index is -2.04. The molecule has 0 aromatic heterocycles. The van der Waals surface area contributed by atoms with Gasteiger partial charge in [0.05, 0.1) is 53.0 Å². The minimum Gasteiger partial charge on any atom is -0.507 e. The lowest BCUT2D eigenvalue weighted by Gasteiger charge is -2.38. The molecule has 4 heterocycles. The summed E-state index contributed by atoms with van der Waals surface area (Å²) in [6.45, 7) is 15.1. The SMILES string of the molecule is CO[C@H]1/C=C\O[C@@]2(C)Oc3c(C)c(O)c4c(O)c(c(/C=N/N5CCN(C)CC5)c(O)c4c3C2=O)NC(=O)/C(C)=C\C=C[C@H](C)[C@H](O)[C@@H](C)[C@@H](O)[C@@H](C)[C@H](OC(C)=O)[C@@H]1C. The molecule has 4 aliphatic rings. The first kappa shape index (κ1) is 44.9. The van der Waals surface area contributed by atoms with Crippen LogP contribution in [0.4, 0.5) is 5.69 Å². The number of nitrogens with one attached hydrogen (secondary N) is 1. The Hall–Kier alpha value is -5.16. The van der Waals surface area contributed by atoms with Crippen molar-refractivity contribution in [3.05, 3.63) is 52.8 Å². The Labute approximate surface area is 344 Å². The molecule has 0 spiro atoms. The molecule has 1 fully saturated rings. The van der Waals surface area contributed by atoms with Crippen LogP contribution in [0.3, 0.4) is 0 Å². The number of aliphatic hydroxyl groups is 2. The summed E-state index contributed by atoms with van der Waals surface area (Å²) in [6, 6.07) is 0. The van der Waals surface area contributed by atoms with E-state index in [1.807, 2.05) is 7.05 Å². The first-order valence-electron chi connectivity index (χ1n) is 19.8. The van der Waals surface area contributed by atoms with Crippen LogP contribution in [0, 0.1) is 30.6 Å². The number of amides is 1. The van der Waals surface area contributed by atoms with Crippen LogP contribution >= 0.6 is 0 Å². The van der Waals surface area contributed by atoms with Crippen molar-refractivity contribution in [1.82, 2.24) is 9.91 Å². The average Bonchev–Trinajstić information content (AvgIpc) is 3.46. The molecule has 16 heteroatoms. The molecule has 0 aliphatic carbocycles. The maximum Gasteiger partial charge on any atom is 0.312 e. The second-order valence-electron chi connectivity index (χ2n) is 16.1. The number of fused-ring (bicyclic) bond motifs is 14. The standard InChI is InChI=1S/C43H58N4O12/c1-21-12-11-13-22(2)42(55)45-33-28(20-44-47-17-15-46(9)16-18-47)37(52)30-31(38(33)53)36(51)26(6)40-32(30)41(54)43(8,59-40)57-19-14-29(56-10)23(3)39(58-27(7)48)25(5)35(50)24(4)34(21)49/h11-14,19-21,23-25,29,34-35,39,49-53H,15-18H2,1-10H3,(H,45,55)/b12-11?,19-14-,22-13-,44-20+/t21-,23+,24+,25+,29-,34-,35+,39+,43-/m0/s1. The van der Waals surface area contributed by atoms with Crippen LogP contribution in [0.2, 0.25) is 0 Å². The highest BCUT2D eigenvalue weighted by Crippen LogP contribution is 2.55. The molecule has 4 aliphatic heterocycles. The third kappa shape index (κ3) is 8.91. The molecule has 1 amide bonds. The number of Topliss-reactive ketones (excluding diaryl/α,β-unsaturated/α-hetero) is 1. The van der Waals surface area contributed by atoms with Gasteiger partial charge in [0.1, 0.15) is 23.4 Å². The number of ether oxygens (including phenoxy) is 4. The maximum absolute atomic E-state index is 14.4. The van der Waals surface area contributed by atoms with Gasteiger partial charge in [-0.05, 0) is 27.0 Å². The molecular formula is C43H58N4O12. The highest BCUT2D eigenvalue weighted by atomic mass is 16.7. The number of aromatic hydroxyl groups is 3. The third-order valence-electron chi connectivity index (χ3n) is 11.9. The summed E-state index contributed by atoms with van der Waals surface area (Å²) in [5.41, 5.74) is -0.350. The largest absolute Gasteiger partial charge is 0.507 e. The molecule has 0 saturated carbocycles. The van der Waals surface area contributed by atoms with Crippen LogP contribution in [0.1, 0.15) is 70.0 Å². The Balaban J connectivity index is 1.70. The van der Waals surface area contributed by atoms with E-state index < -0.39 is 88.8 Å². The highest BCUT2D eigenvalue weighted by Gasteiger charge is 2.50. The number of piperazine rings is 1. The van der Waals surface area contributed by atoms with Crippen LogP contribution < -0.4 is 10.1 Å². The summed E-state index contributed by atoms with van der Waals surface area (Å²) in [5.74, 6) is -8.34. The average molecular weight is 823 g/mol. The zero-order valence-electron chi connectivity index (χ0n) is 35.3. The van der Waals surface area contributed by atoms with Gasteiger partial charge in [-0.25, -0.2) is 0 Å². The fraction of sp³-hybridized carbons (Fsp3) is 0.535. The first-order valence-corrected chi connectivity index (χ1v) is 19.8. The number of rotatable bonds is 4. The van der Waals surface area contributed by atoms with Crippen molar-refractivity contribution >= 4 is 40.3 Å². The van der Waals surface area contributed by atoms with Gasteiger partial charge in [0.15, 0.2) is 5.75 Å². The number of aliphatic hydroxyl groups excluding tert-OH is 2. The number of ketones is 1. The molecule has 0 unspecified atom stereocenters. The van der Waals surface area contributed by atoms with Gasteiger partial charge in [-0.15, -0.1) is 0 Å². The smallest absolute Gasteiger partial charge is 0.312 e. The summed E-state index contributed by atoms with van der Waals surface area (Å²) >= 11 is 0. The third-order valence-corrected chi connectivity index (χ3v) is 11.9. The van der Waals surface area contributed by atoms with E-state index >= 15 is 0 Å². The van der Waals surface area contributed by atoms with Gasteiger partial charge < -0.3 is 54.7 Å². The van der Waals surface area contributed by atoms with E-state index in [9.17, 15) is 39.9 Å². The second kappa shape index (κ2) is 18.0. The summed E-state index contributed by atoms with van der Waals surface area (Å²) in [4.78, 5) is 42.6. The molecule has 6 N–H and O–H groups in total. The molecule has 9 atom stereocenters. The van der Waals surface area contributed by atoms with E-state index in [4.69, 9.17) is 18.9 Å². The van der Waals surface area contributed by atoms with Gasteiger partial charge in [-0.3, -0.25) is 19.4 Å². The topological polar surface area (TPSA) is 220 Å². The van der Waals surface area contributed by atoms with E-state index in [-0.39, 0.29) is 44.5 Å². The number of allylic oxidation sites excluding steroid dienone is 2. The summed E-state index contributed by atoms with van der Waals surface area (Å²) in [7, 11) is 3.42. The van der Waals surface area contributed by atoms with E-state index in [0.717, 1.165) is 13.1 Å². The number of nitrogens with zero attached hydrogens (tertiary/aromatic N) is 3. The minimum absolute atomic E-state index is 0.0559. The maximum atomic E-state index is 14.4. The normalized spacial score (nSPS) is 31.5. The van der Waals surface area contributed by atoms with Gasteiger partial charge in [0.25, 0.3) is 11.7 Å². The molecular weight excluding hydrogens is 764 g/mol. The number of phenols is 3. The fourth-order valence-corrected chi connectivity index (χ4v) is 7.92. The highest BCUT2D eigenvalue weighted by molar-refractivity contribution is 6.23. The van der Waals surface area contributed by atoms with E-state index in [2.05, 4.69) is 15.3 Å². The van der Waals surface area contributed by atoms with Crippen LogP contribution in [0.5, 0.6) is 23.0 Å². The molecule has 0 radical (unpaired) electrons. The Bertz CT molecular complexity index is 2070. The van der Waals surface area contributed by atoms with Gasteiger partial charge in [-0.1, -0.05) is 45.9 Å². The van der Waals surface area contributed by atoms with Crippen molar-refractivity contribution in [1.29, 1.82) is 0 Å². The molecule has 1 saturated heterocycles. The van der Waals surface area contributed by atoms with Gasteiger partial charge in [0, 0.05) is 87.3 Å². The number of carbonyl (C=O) groups excluding carboxylic acids is 3. The number of hydrazone groups is 1. The lowest BCUT2D eigenvalue weighted by Crippen LogP contribution is -2.46. The molecule has 6 rings (SSSR count). The van der Waals surface area contributed by atoms with E-state index in [1.165, 1.54) is 59.4 Å². The summed E-state index contributed by atoms with van der Waals surface area (Å²) < 4.78 is 23.6. The van der Waals surface area contributed by atoms with Crippen molar-refractivity contribution in [2.75, 3.05) is 45.7 Å². The van der Waals surface area contributed by atoms with E-state index in [1.54, 1.807) is 44.9 Å². The first-order chi connectivity index (χ1) is 27.7. The lowest BCUT2D eigenvalue weighted by molar-refractivity contribution is -0.160. The van der Waals surface area contributed by atoms with Crippen LogP contribution in [0.15, 0.2) is 41.2 Å².